The van der Waals surface area contributed by atoms with Crippen LogP contribution in [0, 0.1) is 6.92 Å². The van der Waals surface area contributed by atoms with E-state index in [1.807, 2.05) is 19.1 Å². The van der Waals surface area contributed by atoms with Crippen LogP contribution >= 0.6 is 0 Å². The van der Waals surface area contributed by atoms with Gasteiger partial charge in [0.2, 0.25) is 0 Å². The molecule has 1 aromatic rings. The zero-order valence-corrected chi connectivity index (χ0v) is 13.5. The molecule has 1 aliphatic carbocycles. The van der Waals surface area contributed by atoms with Gasteiger partial charge < -0.3 is 5.73 Å². The van der Waals surface area contributed by atoms with E-state index in [1.165, 1.54) is 6.26 Å². The Balaban J connectivity index is 2.23. The van der Waals surface area contributed by atoms with Crippen LogP contribution in [0.1, 0.15) is 31.2 Å². The summed E-state index contributed by atoms with van der Waals surface area (Å²) in [6.45, 7) is 1.89. The van der Waals surface area contributed by atoms with Gasteiger partial charge in [0.05, 0.1) is 26.6 Å². The molecule has 0 aromatic heterocycles. The fourth-order valence-corrected chi connectivity index (χ4v) is 5.73. The van der Waals surface area contributed by atoms with E-state index < -0.39 is 20.6 Å². The summed E-state index contributed by atoms with van der Waals surface area (Å²) in [5.74, 6) is 0. The molecule has 1 saturated carbocycles. The van der Waals surface area contributed by atoms with Crippen molar-refractivity contribution >= 4 is 26.3 Å². The third-order valence-electron chi connectivity index (χ3n) is 3.99. The second kappa shape index (κ2) is 5.85. The number of hydrogen-bond acceptors (Lipinski definition) is 4. The minimum atomic E-state index is -3.06. The molecular formula is C14H21NO3S2. The fourth-order valence-electron chi connectivity index (χ4n) is 2.69. The van der Waals surface area contributed by atoms with E-state index in [0.29, 0.717) is 23.4 Å². The van der Waals surface area contributed by atoms with Crippen LogP contribution in [0.2, 0.25) is 0 Å². The monoisotopic (exact) mass is 315 g/mol. The minimum absolute atomic E-state index is 0.118. The molecule has 0 radical (unpaired) electrons. The van der Waals surface area contributed by atoms with Gasteiger partial charge in [0, 0.05) is 11.5 Å². The Morgan fingerprint density at radius 3 is 2.65 bits per heavy atom. The summed E-state index contributed by atoms with van der Waals surface area (Å²) in [6, 6.07) is 5.51. The highest BCUT2D eigenvalue weighted by Gasteiger charge is 2.32. The zero-order chi connectivity index (χ0) is 14.9. The van der Waals surface area contributed by atoms with Crippen molar-refractivity contribution in [3.8, 4) is 0 Å². The predicted molar refractivity (Wildman–Crippen MR) is 82.9 cm³/mol. The summed E-state index contributed by atoms with van der Waals surface area (Å²) in [5.41, 5.74) is 7.47. The van der Waals surface area contributed by atoms with Crippen LogP contribution in [0.4, 0.5) is 5.69 Å². The average molecular weight is 315 g/mol. The van der Waals surface area contributed by atoms with Gasteiger partial charge in [-0.05, 0) is 37.8 Å². The molecule has 6 heteroatoms. The van der Waals surface area contributed by atoms with Crippen molar-refractivity contribution in [1.82, 2.24) is 0 Å². The summed E-state index contributed by atoms with van der Waals surface area (Å²) >= 11 is 0. The molecule has 0 spiro atoms. The maximum atomic E-state index is 12.7. The van der Waals surface area contributed by atoms with Crippen LogP contribution in [0.3, 0.4) is 0 Å². The maximum Gasteiger partial charge on any atom is 0.150 e. The van der Waals surface area contributed by atoms with E-state index in [0.717, 1.165) is 18.4 Å². The average Bonchev–Trinajstić information content (AvgIpc) is 2.40. The molecule has 3 atom stereocenters. The van der Waals surface area contributed by atoms with Crippen LogP contribution in [-0.4, -0.2) is 29.4 Å². The molecule has 1 aromatic carbocycles. The molecule has 0 saturated heterocycles. The summed E-state index contributed by atoms with van der Waals surface area (Å²) in [7, 11) is -4.30. The molecule has 1 aliphatic rings. The van der Waals surface area contributed by atoms with Crippen LogP contribution in [0.25, 0.3) is 0 Å². The first kappa shape index (κ1) is 15.5. The number of sulfone groups is 1. The fraction of sp³-hybridized carbons (Fsp3) is 0.571. The van der Waals surface area contributed by atoms with Gasteiger partial charge in [-0.15, -0.1) is 0 Å². The van der Waals surface area contributed by atoms with Crippen molar-refractivity contribution < 1.29 is 12.6 Å². The van der Waals surface area contributed by atoms with Gasteiger partial charge in [-0.25, -0.2) is 8.42 Å². The number of anilines is 1. The first-order valence-corrected chi connectivity index (χ1v) is 9.92. The van der Waals surface area contributed by atoms with Gasteiger partial charge in [0.15, 0.2) is 0 Å². The molecule has 4 nitrogen and oxygen atoms in total. The summed E-state index contributed by atoms with van der Waals surface area (Å²) < 4.78 is 36.1. The Labute approximate surface area is 123 Å². The predicted octanol–water partition coefficient (Wildman–Crippen LogP) is 2.04. The molecule has 20 heavy (non-hydrogen) atoms. The van der Waals surface area contributed by atoms with Gasteiger partial charge in [0.25, 0.3) is 0 Å². The van der Waals surface area contributed by atoms with E-state index in [9.17, 15) is 12.6 Å². The van der Waals surface area contributed by atoms with Crippen LogP contribution < -0.4 is 5.73 Å². The van der Waals surface area contributed by atoms with E-state index in [2.05, 4.69) is 0 Å². The van der Waals surface area contributed by atoms with Gasteiger partial charge in [-0.2, -0.15) is 0 Å². The Bertz CT molecular complexity index is 625. The number of nitrogen functional groups attached to an aromatic ring is 1. The Hall–Kier alpha value is -0.880. The van der Waals surface area contributed by atoms with Crippen molar-refractivity contribution in [2.45, 2.75) is 48.0 Å². The van der Waals surface area contributed by atoms with Crippen molar-refractivity contribution in [2.24, 2.45) is 0 Å². The normalized spacial score (nSPS) is 25.3. The second-order valence-corrected chi connectivity index (χ2v) is 9.55. The summed E-state index contributed by atoms with van der Waals surface area (Å²) in [5, 5.41) is -0.483. The second-order valence-electron chi connectivity index (χ2n) is 5.52. The topological polar surface area (TPSA) is 77.2 Å². The van der Waals surface area contributed by atoms with Crippen molar-refractivity contribution in [2.75, 3.05) is 12.0 Å². The van der Waals surface area contributed by atoms with Gasteiger partial charge >= 0.3 is 0 Å². The molecular weight excluding hydrogens is 294 g/mol. The lowest BCUT2D eigenvalue weighted by Crippen LogP contribution is -2.32. The summed E-state index contributed by atoms with van der Waals surface area (Å²) in [4.78, 5) is 0.643. The van der Waals surface area contributed by atoms with E-state index >= 15 is 0 Å². The SMILES string of the molecule is Cc1cccc(S(=O)C2CCCC(S(C)(=O)=O)C2)c1N. The Morgan fingerprint density at radius 2 is 2.00 bits per heavy atom. The number of nitrogens with two attached hydrogens (primary N) is 1. The van der Waals surface area contributed by atoms with Crippen molar-refractivity contribution in [3.63, 3.8) is 0 Å². The highest BCUT2D eigenvalue weighted by Crippen LogP contribution is 2.32. The largest absolute Gasteiger partial charge is 0.398 e. The zero-order valence-electron chi connectivity index (χ0n) is 11.8. The van der Waals surface area contributed by atoms with Crippen molar-refractivity contribution in [1.29, 1.82) is 0 Å². The van der Waals surface area contributed by atoms with Crippen LogP contribution in [0.5, 0.6) is 0 Å². The number of para-hydroxylation sites is 1. The minimum Gasteiger partial charge on any atom is -0.398 e. The van der Waals surface area contributed by atoms with Crippen molar-refractivity contribution in [3.05, 3.63) is 23.8 Å². The molecule has 3 unspecified atom stereocenters. The lowest BCUT2D eigenvalue weighted by Gasteiger charge is -2.27. The first-order valence-electron chi connectivity index (χ1n) is 6.75. The number of rotatable bonds is 3. The van der Waals surface area contributed by atoms with Crippen LogP contribution in [0.15, 0.2) is 23.1 Å². The molecule has 2 rings (SSSR count). The first-order chi connectivity index (χ1) is 9.30. The van der Waals surface area contributed by atoms with E-state index in [-0.39, 0.29) is 10.5 Å². The lowest BCUT2D eigenvalue weighted by molar-refractivity contribution is 0.487. The molecule has 0 aliphatic heterocycles. The molecule has 112 valence electrons. The third-order valence-corrected chi connectivity index (χ3v) is 7.45. The van der Waals surface area contributed by atoms with Gasteiger partial charge in [0.1, 0.15) is 9.84 Å². The third kappa shape index (κ3) is 3.23. The molecule has 2 N–H and O–H groups in total. The standard InChI is InChI=1S/C14H21NO3S2/c1-10-5-3-8-13(14(10)15)19(16)11-6-4-7-12(9-11)20(2,17)18/h3,5,8,11-12H,4,6-7,9,15H2,1-2H3. The van der Waals surface area contributed by atoms with Gasteiger partial charge in [-0.3, -0.25) is 4.21 Å². The molecule has 1 fully saturated rings. The Morgan fingerprint density at radius 1 is 1.30 bits per heavy atom. The molecule has 0 bridgehead atoms. The van der Waals surface area contributed by atoms with E-state index in [4.69, 9.17) is 5.73 Å². The molecule has 0 heterocycles. The number of hydrogen-bond donors (Lipinski definition) is 1. The number of aryl methyl sites for hydroxylation is 1. The lowest BCUT2D eigenvalue weighted by atomic mass is 10.00. The number of benzene rings is 1. The summed E-state index contributed by atoms with van der Waals surface area (Å²) in [6.07, 6.45) is 4.02. The highest BCUT2D eigenvalue weighted by atomic mass is 32.2. The van der Waals surface area contributed by atoms with E-state index in [1.54, 1.807) is 6.07 Å². The van der Waals surface area contributed by atoms with Gasteiger partial charge in [-0.1, -0.05) is 18.6 Å². The Kier molecular flexibility index (Phi) is 4.54. The smallest absolute Gasteiger partial charge is 0.150 e. The maximum absolute atomic E-state index is 12.7. The quantitative estimate of drug-likeness (QED) is 0.866. The van der Waals surface area contributed by atoms with Crippen LogP contribution in [-0.2, 0) is 20.6 Å². The molecule has 0 amide bonds. The highest BCUT2D eigenvalue weighted by molar-refractivity contribution is 7.91.